The number of carbonyl (C=O) groups excluding carboxylic acids is 4. The highest BCUT2D eigenvalue weighted by Gasteiger charge is 2.45. The third-order valence-corrected chi connectivity index (χ3v) is 23.4. The summed E-state index contributed by atoms with van der Waals surface area (Å²) in [5.74, 6) is 5.49. The van der Waals surface area contributed by atoms with Gasteiger partial charge >= 0.3 is 12.2 Å². The number of H-pyrrole nitrogens is 2. The molecule has 10 atom stereocenters. The maximum absolute atomic E-state index is 13.9. The number of amides is 4. The second-order valence-electron chi connectivity index (χ2n) is 30.4. The highest BCUT2D eigenvalue weighted by Crippen LogP contribution is 2.49. The lowest BCUT2D eigenvalue weighted by molar-refractivity contribution is -0.136. The van der Waals surface area contributed by atoms with E-state index in [0.717, 1.165) is 200 Å². The fourth-order valence-electron chi connectivity index (χ4n) is 17.8. The van der Waals surface area contributed by atoms with Gasteiger partial charge in [-0.05, 0) is 229 Å². The number of imidazole rings is 2. The van der Waals surface area contributed by atoms with Crippen LogP contribution in [0.5, 0.6) is 11.5 Å². The van der Waals surface area contributed by atoms with Crippen molar-refractivity contribution in [1.29, 1.82) is 0 Å². The molecule has 0 radical (unpaired) electrons. The quantitative estimate of drug-likeness (QED) is 0.0528. The largest absolute Gasteiger partial charge is 0.488 e. The number of ether oxygens (including phenoxy) is 4. The van der Waals surface area contributed by atoms with Crippen molar-refractivity contribution in [3.8, 4) is 56.3 Å². The van der Waals surface area contributed by atoms with Gasteiger partial charge in [0, 0.05) is 72.5 Å². The molecule has 2 aromatic heterocycles. The summed E-state index contributed by atoms with van der Waals surface area (Å²) in [7, 11) is 2.63. The van der Waals surface area contributed by atoms with E-state index < -0.39 is 24.3 Å². The summed E-state index contributed by atoms with van der Waals surface area (Å²) >= 11 is 0. The van der Waals surface area contributed by atoms with E-state index in [1.165, 1.54) is 25.3 Å². The van der Waals surface area contributed by atoms with Crippen LogP contribution >= 0.6 is 0 Å². The van der Waals surface area contributed by atoms with Gasteiger partial charge < -0.3 is 59.6 Å². The van der Waals surface area contributed by atoms with Gasteiger partial charge in [-0.2, -0.15) is 0 Å². The Labute approximate surface area is 595 Å². The maximum Gasteiger partial charge on any atom is 0.407 e. The predicted octanol–water partition coefficient (Wildman–Crippen LogP) is 14.9. The SMILES string of the molecule is COC(=O)N[C@H](C(=O)N1[C@@H](C)CC[C@H]1C1=Nc2ccc3cc4c(cc3c2C1)OCc1cc(-c2cnc([C@H]3CC[C@@H](CCO)C3)[nH]2)ccc1-4)C(C)C.COC(=O)N[C@H](C(=O)N1[C@@H](C)CC[C@H]1C1=Nc2ccc3cc4c(cc3c2C1)OCc1cc(-c2cnc([C@H]3CC[C@@H](CCO)C3)[nH]2)ccc1-4)C(C)C. The number of aliphatic imine (C=N–C) groups is 2. The van der Waals surface area contributed by atoms with Gasteiger partial charge in [0.1, 0.15) is 48.4 Å². The molecule has 6 N–H and O–H groups in total. The lowest BCUT2D eigenvalue weighted by atomic mass is 9.90. The standard InChI is InChI=1S/2C41H47N5O5/c2*1-22(2)38(45-41(49)50-4)40(48)46-23(3)5-12-36(46)34-18-31-30-19-37-32(17-25(30)9-11-33(31)43-34)29-10-8-26(16-28(29)21-51-37)35-20-42-39(44-35)27-7-6-24(15-27)13-14-47/h2*8-11,16-17,19-20,22-24,27,36,38,47H,5-7,12-15,18,21H2,1-4H3,(H,42,44)(H,45,49)/t2*23-,24-,27-,36-,38-/m00/s1. The van der Waals surface area contributed by atoms with Crippen molar-refractivity contribution in [1.82, 2.24) is 40.4 Å². The molecule has 0 bridgehead atoms. The van der Waals surface area contributed by atoms with E-state index in [4.69, 9.17) is 38.9 Å². The smallest absolute Gasteiger partial charge is 0.407 e. The number of alkyl carbamates (subject to hydrolysis) is 2. The molecule has 8 heterocycles. The van der Waals surface area contributed by atoms with Gasteiger partial charge in [-0.15, -0.1) is 0 Å². The minimum atomic E-state index is -0.673. The van der Waals surface area contributed by atoms with Crippen LogP contribution in [0.1, 0.15) is 164 Å². The predicted molar refractivity (Wildman–Crippen MR) is 395 cm³/mol. The summed E-state index contributed by atoms with van der Waals surface area (Å²) in [5, 5.41) is 28.7. The Morgan fingerprint density at radius 2 is 0.980 bits per heavy atom. The van der Waals surface area contributed by atoms with Crippen LogP contribution in [0.4, 0.5) is 21.0 Å². The summed E-state index contributed by atoms with van der Waals surface area (Å²) in [5.41, 5.74) is 17.2. The van der Waals surface area contributed by atoms with Crippen LogP contribution in [-0.2, 0) is 45.1 Å². The molecule has 2 saturated heterocycles. The number of rotatable bonds is 16. The van der Waals surface area contributed by atoms with Gasteiger partial charge in [0.15, 0.2) is 0 Å². The number of aliphatic hydroxyl groups excluding tert-OH is 2. The van der Waals surface area contributed by atoms with Crippen LogP contribution in [0.25, 0.3) is 66.3 Å². The van der Waals surface area contributed by atoms with Crippen molar-refractivity contribution in [2.24, 2.45) is 33.7 Å². The van der Waals surface area contributed by atoms with E-state index in [1.54, 1.807) is 0 Å². The zero-order valence-corrected chi connectivity index (χ0v) is 59.7. The maximum atomic E-state index is 13.9. The summed E-state index contributed by atoms with van der Waals surface area (Å²) in [6.45, 7) is 13.4. The van der Waals surface area contributed by atoms with Crippen LogP contribution in [0.2, 0.25) is 0 Å². The van der Waals surface area contributed by atoms with Crippen molar-refractivity contribution in [3.05, 3.63) is 131 Å². The van der Waals surface area contributed by atoms with E-state index in [9.17, 15) is 29.4 Å². The first-order valence-electron chi connectivity index (χ1n) is 37.0. The molecular weight excluding hydrogens is 1280 g/mol. The van der Waals surface area contributed by atoms with Gasteiger partial charge in [0.25, 0.3) is 0 Å². The molecule has 16 rings (SSSR count). The number of fused-ring (bicyclic) bond motifs is 12. The Balaban J connectivity index is 0.000000165. The topological polar surface area (TPSA) is 258 Å². The fraction of sp³-hybridized carbons (Fsp3) is 0.463. The second-order valence-corrected chi connectivity index (χ2v) is 30.4. The first-order valence-corrected chi connectivity index (χ1v) is 37.0. The van der Waals surface area contributed by atoms with E-state index in [0.29, 0.717) is 49.7 Å². The number of carbonyl (C=O) groups is 4. The average molecular weight is 1380 g/mol. The molecule has 2 saturated carbocycles. The number of hydrogen-bond donors (Lipinski definition) is 6. The Kier molecular flexibility index (Phi) is 19.1. The highest BCUT2D eigenvalue weighted by atomic mass is 16.5. The lowest BCUT2D eigenvalue weighted by Gasteiger charge is -2.33. The molecule has 532 valence electrons. The van der Waals surface area contributed by atoms with Crippen LogP contribution < -0.4 is 20.1 Å². The highest BCUT2D eigenvalue weighted by molar-refractivity contribution is 6.08. The summed E-state index contributed by atoms with van der Waals surface area (Å²) < 4.78 is 22.5. The molecule has 0 unspecified atom stereocenters. The molecular formula is C82H94N10O10. The molecule has 2 aliphatic carbocycles. The zero-order valence-electron chi connectivity index (χ0n) is 59.7. The third kappa shape index (κ3) is 13.0. The van der Waals surface area contributed by atoms with E-state index in [2.05, 4.69) is 119 Å². The third-order valence-electron chi connectivity index (χ3n) is 23.4. The Bertz CT molecular complexity index is 4360. The number of likely N-dealkylation sites (tertiary alicyclic amines) is 2. The molecule has 4 fully saturated rings. The molecule has 20 heteroatoms. The van der Waals surface area contributed by atoms with Crippen LogP contribution in [0.3, 0.4) is 0 Å². The van der Waals surface area contributed by atoms with Crippen molar-refractivity contribution >= 4 is 68.3 Å². The minimum Gasteiger partial charge on any atom is -0.488 e. The molecule has 8 aliphatic rings. The molecule has 4 amide bonds. The molecule has 102 heavy (non-hydrogen) atoms. The molecule has 20 nitrogen and oxygen atoms in total. The van der Waals surface area contributed by atoms with Crippen LogP contribution in [0, 0.1) is 23.7 Å². The summed E-state index contributed by atoms with van der Waals surface area (Å²) in [4.78, 5) is 82.9. The number of aliphatic hydroxyl groups is 2. The summed E-state index contributed by atoms with van der Waals surface area (Å²) in [6, 6.07) is 28.9. The van der Waals surface area contributed by atoms with Crippen LogP contribution in [0.15, 0.2) is 107 Å². The monoisotopic (exact) mass is 1380 g/mol. The number of nitrogens with zero attached hydrogens (tertiary/aromatic N) is 6. The average Bonchev–Trinajstić information content (AvgIpc) is 1.27. The van der Waals surface area contributed by atoms with Crippen molar-refractivity contribution in [3.63, 3.8) is 0 Å². The lowest BCUT2D eigenvalue weighted by Crippen LogP contribution is -2.55. The Morgan fingerprint density at radius 3 is 1.38 bits per heavy atom. The van der Waals surface area contributed by atoms with Crippen molar-refractivity contribution in [2.75, 3.05) is 27.4 Å². The molecule has 8 aromatic rings. The Hall–Kier alpha value is -9.40. The van der Waals surface area contributed by atoms with Gasteiger partial charge in [0.05, 0.1) is 61.5 Å². The first-order chi connectivity index (χ1) is 49.4. The van der Waals surface area contributed by atoms with Gasteiger partial charge in [0.2, 0.25) is 11.8 Å². The number of methoxy groups -OCH3 is 2. The molecule has 6 aliphatic heterocycles. The summed E-state index contributed by atoms with van der Waals surface area (Å²) in [6.07, 6.45) is 15.9. The Morgan fingerprint density at radius 1 is 0.549 bits per heavy atom. The van der Waals surface area contributed by atoms with Crippen LogP contribution in [-0.4, -0.2) is 139 Å². The number of benzene rings is 6. The minimum absolute atomic E-state index is 0.0418. The molecule has 0 spiro atoms. The zero-order chi connectivity index (χ0) is 70.8. The number of aromatic nitrogens is 4. The van der Waals surface area contributed by atoms with Crippen molar-refractivity contribution in [2.45, 2.75) is 193 Å². The molecule has 6 aromatic carbocycles. The van der Waals surface area contributed by atoms with Gasteiger partial charge in [-0.25, -0.2) is 19.6 Å². The van der Waals surface area contributed by atoms with Crippen molar-refractivity contribution < 1.29 is 48.3 Å². The fourth-order valence-corrected chi connectivity index (χ4v) is 17.8. The normalized spacial score (nSPS) is 22.7. The number of nitrogens with one attached hydrogen (secondary N) is 4. The van der Waals surface area contributed by atoms with Gasteiger partial charge in [-0.3, -0.25) is 19.6 Å². The number of aromatic amines is 2. The van der Waals surface area contributed by atoms with E-state index in [1.807, 2.05) is 49.9 Å². The second kappa shape index (κ2) is 28.4. The van der Waals surface area contributed by atoms with Gasteiger partial charge in [-0.1, -0.05) is 64.1 Å². The van der Waals surface area contributed by atoms with E-state index >= 15 is 0 Å². The number of hydrogen-bond acceptors (Lipinski definition) is 14. The first kappa shape index (κ1) is 68.4. The van der Waals surface area contributed by atoms with E-state index in [-0.39, 0.29) is 61.0 Å².